The second kappa shape index (κ2) is 10.1. The number of furan rings is 1. The highest BCUT2D eigenvalue weighted by Gasteiger charge is 2.14. The summed E-state index contributed by atoms with van der Waals surface area (Å²) in [7, 11) is 0. The van der Waals surface area contributed by atoms with Crippen LogP contribution in [0.3, 0.4) is 0 Å². The minimum atomic E-state index is -0.284. The molecule has 166 valence electrons. The number of carbonyl (C=O) groups is 1. The lowest BCUT2D eigenvalue weighted by Gasteiger charge is -2.11. The number of hydrogen-bond donors (Lipinski definition) is 1. The van der Waals surface area contributed by atoms with Crippen molar-refractivity contribution in [3.8, 4) is 11.3 Å². The highest BCUT2D eigenvalue weighted by Crippen LogP contribution is 2.27. The molecule has 2 aromatic heterocycles. The van der Waals surface area contributed by atoms with Crippen LogP contribution in [0.5, 0.6) is 0 Å². The van der Waals surface area contributed by atoms with Crippen LogP contribution < -0.4 is 5.43 Å². The molecule has 0 aliphatic heterocycles. The van der Waals surface area contributed by atoms with Gasteiger partial charge in [0, 0.05) is 10.9 Å². The van der Waals surface area contributed by atoms with Gasteiger partial charge in [0.2, 0.25) is 0 Å². The number of nitrogens with one attached hydrogen (secondary N) is 1. The molecule has 1 amide bonds. The normalized spacial score (nSPS) is 12.9. The number of pyridine rings is 1. The second-order valence-electron chi connectivity index (χ2n) is 8.11. The number of hydrogen-bond acceptors (Lipinski definition) is 4. The monoisotopic (exact) mass is 437 g/mol. The summed E-state index contributed by atoms with van der Waals surface area (Å²) in [6.07, 6.45) is 6.15. The van der Waals surface area contributed by atoms with Gasteiger partial charge < -0.3 is 4.42 Å². The number of hydrazone groups is 1. The molecule has 0 saturated heterocycles. The molecule has 0 bridgehead atoms. The first kappa shape index (κ1) is 22.2. The number of nitrogens with zero attached hydrogens (tertiary/aromatic N) is 2. The molecular weight excluding hydrogens is 410 g/mol. The van der Waals surface area contributed by atoms with E-state index in [4.69, 9.17) is 9.40 Å². The van der Waals surface area contributed by atoms with Gasteiger partial charge in [-0.1, -0.05) is 56.3 Å². The summed E-state index contributed by atoms with van der Waals surface area (Å²) < 4.78 is 5.30. The third-order valence-electron chi connectivity index (χ3n) is 5.70. The van der Waals surface area contributed by atoms with Crippen LogP contribution >= 0.6 is 0 Å². The number of allylic oxidation sites excluding steroid dienone is 1. The summed E-state index contributed by atoms with van der Waals surface area (Å²) >= 11 is 0. The molecule has 2 heterocycles. The molecule has 1 atom stereocenters. The number of para-hydroxylation sites is 1. The van der Waals surface area contributed by atoms with E-state index in [0.29, 0.717) is 11.5 Å². The zero-order chi connectivity index (χ0) is 23.2. The van der Waals surface area contributed by atoms with Crippen molar-refractivity contribution in [2.75, 3.05) is 0 Å². The molecule has 0 radical (unpaired) electrons. The van der Waals surface area contributed by atoms with Crippen LogP contribution in [-0.2, 0) is 0 Å². The first-order valence-corrected chi connectivity index (χ1v) is 11.1. The van der Waals surface area contributed by atoms with Crippen molar-refractivity contribution in [2.24, 2.45) is 5.10 Å². The maximum atomic E-state index is 13.0. The van der Waals surface area contributed by atoms with Crippen LogP contribution in [0.15, 0.2) is 88.1 Å². The van der Waals surface area contributed by atoms with Crippen molar-refractivity contribution in [2.45, 2.75) is 33.1 Å². The summed E-state index contributed by atoms with van der Waals surface area (Å²) in [6.45, 7) is 6.30. The minimum absolute atomic E-state index is 0.284. The number of rotatable bonds is 7. The van der Waals surface area contributed by atoms with Gasteiger partial charge in [0.15, 0.2) is 0 Å². The predicted octanol–water partition coefficient (Wildman–Crippen LogP) is 6.83. The molecule has 4 rings (SSSR count). The van der Waals surface area contributed by atoms with Crippen molar-refractivity contribution in [1.29, 1.82) is 0 Å². The van der Waals surface area contributed by atoms with Crippen molar-refractivity contribution in [1.82, 2.24) is 10.4 Å². The Labute approximate surface area is 193 Å². The van der Waals surface area contributed by atoms with Gasteiger partial charge >= 0.3 is 0 Å². The number of benzene rings is 2. The lowest BCUT2D eigenvalue weighted by atomic mass is 9.96. The average molecular weight is 438 g/mol. The van der Waals surface area contributed by atoms with Crippen molar-refractivity contribution < 1.29 is 9.21 Å². The van der Waals surface area contributed by atoms with Crippen LogP contribution in [0.2, 0.25) is 0 Å². The van der Waals surface area contributed by atoms with E-state index in [9.17, 15) is 4.79 Å². The average Bonchev–Trinajstić information content (AvgIpc) is 3.35. The molecule has 1 N–H and O–H groups in total. The summed E-state index contributed by atoms with van der Waals surface area (Å²) in [5.74, 6) is 0.954. The van der Waals surface area contributed by atoms with Crippen molar-refractivity contribution >= 4 is 29.1 Å². The Morgan fingerprint density at radius 2 is 1.91 bits per heavy atom. The first-order valence-electron chi connectivity index (χ1n) is 11.1. The fraction of sp³-hybridized carbons (Fsp3) is 0.179. The molecule has 0 fully saturated rings. The number of fused-ring (bicyclic) bond motifs is 1. The van der Waals surface area contributed by atoms with Gasteiger partial charge in [-0.05, 0) is 60.7 Å². The predicted molar refractivity (Wildman–Crippen MR) is 134 cm³/mol. The van der Waals surface area contributed by atoms with E-state index in [1.165, 1.54) is 5.56 Å². The van der Waals surface area contributed by atoms with Crippen LogP contribution in [0, 0.1) is 0 Å². The number of amides is 1. The Bertz CT molecular complexity index is 1300. The van der Waals surface area contributed by atoms with E-state index in [0.717, 1.165) is 39.9 Å². The summed E-state index contributed by atoms with van der Waals surface area (Å²) in [5, 5.41) is 4.91. The van der Waals surface area contributed by atoms with Gasteiger partial charge in [-0.25, -0.2) is 10.4 Å². The second-order valence-corrected chi connectivity index (χ2v) is 8.11. The Morgan fingerprint density at radius 1 is 1.12 bits per heavy atom. The topological polar surface area (TPSA) is 67.5 Å². The third kappa shape index (κ3) is 5.26. The largest absolute Gasteiger partial charge is 0.465 e. The molecule has 33 heavy (non-hydrogen) atoms. The molecule has 5 heteroatoms. The van der Waals surface area contributed by atoms with Crippen molar-refractivity contribution in [3.63, 3.8) is 0 Å². The van der Waals surface area contributed by atoms with E-state index < -0.39 is 0 Å². The van der Waals surface area contributed by atoms with E-state index in [2.05, 4.69) is 48.6 Å². The minimum Gasteiger partial charge on any atom is -0.465 e. The smallest absolute Gasteiger partial charge is 0.272 e. The van der Waals surface area contributed by atoms with Gasteiger partial charge in [0.1, 0.15) is 5.76 Å². The highest BCUT2D eigenvalue weighted by atomic mass is 16.3. The van der Waals surface area contributed by atoms with E-state index in [-0.39, 0.29) is 5.91 Å². The first-order chi connectivity index (χ1) is 16.0. The molecule has 5 nitrogen and oxygen atoms in total. The Balaban J connectivity index is 1.61. The maximum absolute atomic E-state index is 13.0. The quantitative estimate of drug-likeness (QED) is 0.255. The van der Waals surface area contributed by atoms with Gasteiger partial charge in [0.25, 0.3) is 5.91 Å². The van der Waals surface area contributed by atoms with Crippen LogP contribution in [0.1, 0.15) is 54.8 Å². The Kier molecular flexibility index (Phi) is 6.79. The molecule has 0 unspecified atom stereocenters. The van der Waals surface area contributed by atoms with E-state index >= 15 is 0 Å². The van der Waals surface area contributed by atoms with Crippen LogP contribution in [0.4, 0.5) is 0 Å². The lowest BCUT2D eigenvalue weighted by molar-refractivity contribution is 0.0956. The standard InChI is InChI=1S/C28H27N3O2/c1-4-20(3)21-11-13-22(14-12-21)27-17-25(24-9-5-6-10-26(24)30-27)28(32)31-29-18-19(2)16-23-8-7-15-33-23/h5-18,20H,4H2,1-3H3,(H,31,32)/b19-16-,29-18?/t20-/m1/s1. The molecule has 4 aromatic rings. The molecule has 0 aliphatic carbocycles. The summed E-state index contributed by atoms with van der Waals surface area (Å²) in [4.78, 5) is 17.8. The van der Waals surface area contributed by atoms with E-state index in [1.807, 2.05) is 55.5 Å². The number of aromatic nitrogens is 1. The molecule has 0 aliphatic rings. The zero-order valence-electron chi connectivity index (χ0n) is 19.1. The van der Waals surface area contributed by atoms with E-state index in [1.54, 1.807) is 12.5 Å². The van der Waals surface area contributed by atoms with Gasteiger partial charge in [-0.2, -0.15) is 5.10 Å². The van der Waals surface area contributed by atoms with Gasteiger partial charge in [-0.3, -0.25) is 4.79 Å². The van der Waals surface area contributed by atoms with Gasteiger partial charge in [0.05, 0.1) is 29.3 Å². The molecule has 0 spiro atoms. The fourth-order valence-electron chi connectivity index (χ4n) is 3.62. The highest BCUT2D eigenvalue weighted by molar-refractivity contribution is 6.07. The zero-order valence-corrected chi connectivity index (χ0v) is 19.1. The van der Waals surface area contributed by atoms with Crippen LogP contribution in [0.25, 0.3) is 28.2 Å². The van der Waals surface area contributed by atoms with Gasteiger partial charge in [-0.15, -0.1) is 0 Å². The molecule has 2 aromatic carbocycles. The SMILES string of the molecule is CC[C@@H](C)c1ccc(-c2cc(C(=O)NN=C/C(C)=C\c3ccco3)c3ccccc3n2)cc1. The Morgan fingerprint density at radius 3 is 2.64 bits per heavy atom. The van der Waals surface area contributed by atoms with Crippen molar-refractivity contribution in [3.05, 3.63) is 95.5 Å². The third-order valence-corrected chi connectivity index (χ3v) is 5.70. The summed E-state index contributed by atoms with van der Waals surface area (Å²) in [6, 6.07) is 21.6. The van der Waals surface area contributed by atoms with Crippen LogP contribution in [-0.4, -0.2) is 17.1 Å². The summed E-state index contributed by atoms with van der Waals surface area (Å²) in [5.41, 5.74) is 7.83. The molecule has 0 saturated carbocycles. The molecular formula is C28H27N3O2. The fourth-order valence-corrected chi connectivity index (χ4v) is 3.62. The maximum Gasteiger partial charge on any atom is 0.272 e. The Hall–Kier alpha value is -3.99. The lowest BCUT2D eigenvalue weighted by Crippen LogP contribution is -2.18. The number of carbonyl (C=O) groups excluding carboxylic acids is 1.